The van der Waals surface area contributed by atoms with E-state index in [1.807, 2.05) is 12.1 Å². The Balaban J connectivity index is 1.13. The summed E-state index contributed by atoms with van der Waals surface area (Å²) in [6.07, 6.45) is 2.52. The number of anilines is 2. The Morgan fingerprint density at radius 2 is 1.83 bits per heavy atom. The maximum Gasteiger partial charge on any atom is 0.406 e. The minimum Gasteiger partial charge on any atom is -0.495 e. The van der Waals surface area contributed by atoms with Crippen LogP contribution in [0.1, 0.15) is 62.4 Å². The van der Waals surface area contributed by atoms with Crippen LogP contribution in [-0.2, 0) is 11.3 Å². The normalized spacial score (nSPS) is 22.1. The number of alkyl halides is 3. The van der Waals surface area contributed by atoms with E-state index in [-0.39, 0.29) is 18.2 Å². The lowest BCUT2D eigenvalue weighted by Gasteiger charge is -2.50. The second-order valence-corrected chi connectivity index (χ2v) is 12.7. The maximum absolute atomic E-state index is 13.7. The van der Waals surface area contributed by atoms with Gasteiger partial charge in [0.2, 0.25) is 0 Å². The molecule has 2 saturated heterocycles. The summed E-state index contributed by atoms with van der Waals surface area (Å²) in [5.74, 6) is 6.49. The molecule has 3 aliphatic rings. The summed E-state index contributed by atoms with van der Waals surface area (Å²) < 4.78 is 53.8. The van der Waals surface area contributed by atoms with Crippen molar-refractivity contribution in [3.8, 4) is 17.6 Å². The highest BCUT2D eigenvalue weighted by molar-refractivity contribution is 5.94. The van der Waals surface area contributed by atoms with E-state index in [1.165, 1.54) is 18.1 Å². The van der Waals surface area contributed by atoms with Gasteiger partial charge in [0.1, 0.15) is 18.5 Å². The fourth-order valence-electron chi connectivity index (χ4n) is 7.22. The van der Waals surface area contributed by atoms with E-state index in [9.17, 15) is 18.3 Å². The molecule has 0 bridgehead atoms. The van der Waals surface area contributed by atoms with E-state index >= 15 is 0 Å². The van der Waals surface area contributed by atoms with E-state index in [2.05, 4.69) is 32.7 Å². The van der Waals surface area contributed by atoms with Crippen LogP contribution in [0.5, 0.6) is 5.75 Å². The molecule has 2 aliphatic heterocycles. The highest BCUT2D eigenvalue weighted by Crippen LogP contribution is 2.39. The molecule has 0 amide bonds. The number of fused-ring (bicyclic) bond motifs is 1. The van der Waals surface area contributed by atoms with Gasteiger partial charge in [-0.2, -0.15) is 13.2 Å². The molecule has 2 aromatic carbocycles. The summed E-state index contributed by atoms with van der Waals surface area (Å²) >= 11 is 0. The monoisotopic (exact) mass is 639 g/mol. The van der Waals surface area contributed by atoms with Gasteiger partial charge in [-0.25, -0.2) is 0 Å². The number of halogens is 3. The zero-order chi connectivity index (χ0) is 32.3. The Morgan fingerprint density at radius 1 is 1.07 bits per heavy atom. The van der Waals surface area contributed by atoms with Crippen LogP contribution in [0, 0.1) is 11.8 Å². The number of aromatic nitrogens is 1. The van der Waals surface area contributed by atoms with Crippen molar-refractivity contribution in [3.63, 3.8) is 0 Å². The van der Waals surface area contributed by atoms with Crippen molar-refractivity contribution in [1.82, 2.24) is 14.8 Å². The third kappa shape index (κ3) is 7.26. The van der Waals surface area contributed by atoms with Gasteiger partial charge in [-0.1, -0.05) is 18.1 Å². The summed E-state index contributed by atoms with van der Waals surface area (Å²) in [4.78, 5) is 2.64. The lowest BCUT2D eigenvalue weighted by Crippen LogP contribution is -2.54. The van der Waals surface area contributed by atoms with Gasteiger partial charge in [-0.15, -0.1) is 0 Å². The third-order valence-corrected chi connectivity index (χ3v) is 9.93. The lowest BCUT2D eigenvalue weighted by molar-refractivity contribution is -0.176. The van der Waals surface area contributed by atoms with E-state index in [0.717, 1.165) is 69.3 Å². The number of likely N-dealkylation sites (tertiary alicyclic amines) is 1. The van der Waals surface area contributed by atoms with Crippen LogP contribution in [0.15, 0.2) is 42.5 Å². The minimum atomic E-state index is -4.39. The lowest BCUT2D eigenvalue weighted by atomic mass is 9.82. The van der Waals surface area contributed by atoms with Crippen molar-refractivity contribution in [1.29, 1.82) is 0 Å². The highest BCUT2D eigenvalue weighted by Gasteiger charge is 2.42. The Bertz CT molecular complexity index is 1560. The molecule has 1 saturated carbocycles. The van der Waals surface area contributed by atoms with Crippen LogP contribution in [0.2, 0.25) is 0 Å². The van der Waals surface area contributed by atoms with Gasteiger partial charge in [0, 0.05) is 36.2 Å². The molecule has 248 valence electrons. The minimum absolute atomic E-state index is 0.160. The number of hydrogen-bond donors (Lipinski definition) is 4. The Hall–Kier alpha value is -3.43. The van der Waals surface area contributed by atoms with Gasteiger partial charge in [0.15, 0.2) is 0 Å². The van der Waals surface area contributed by atoms with E-state index in [4.69, 9.17) is 9.47 Å². The van der Waals surface area contributed by atoms with Crippen LogP contribution >= 0.6 is 0 Å². The van der Waals surface area contributed by atoms with Crippen LogP contribution in [0.4, 0.5) is 24.5 Å². The summed E-state index contributed by atoms with van der Waals surface area (Å²) in [5.41, 5.74) is 3.13. The van der Waals surface area contributed by atoms with Gasteiger partial charge in [-0.3, -0.25) is 5.32 Å². The standard InChI is InChI=1S/C35H44F3N5O3/c1-39-33(44)24-8-13-30(32(21-24)45-2)40-17-4-5-27-22-28-29(6-3-7-31(28)43(27)23-35(36,37)38)41-25-9-11-26(12-10-25)42-18-14-34(15-19-42)16-20-46-34/h3,6-8,13,21-22,25-26,33,39-41,44H,9-12,14-20,23H2,1-2H3/t25-,26+,33?. The fourth-order valence-corrected chi connectivity index (χ4v) is 7.22. The first-order chi connectivity index (χ1) is 22.2. The predicted octanol–water partition coefficient (Wildman–Crippen LogP) is 5.86. The number of benzene rings is 2. The van der Waals surface area contributed by atoms with Gasteiger partial charge in [0.05, 0.1) is 42.8 Å². The van der Waals surface area contributed by atoms with Crippen molar-refractivity contribution in [2.24, 2.45) is 0 Å². The zero-order valence-corrected chi connectivity index (χ0v) is 26.6. The highest BCUT2D eigenvalue weighted by atomic mass is 19.4. The number of rotatable bonds is 9. The van der Waals surface area contributed by atoms with Crippen LogP contribution in [-0.4, -0.2) is 78.8 Å². The number of aliphatic hydroxyl groups excluding tert-OH is 1. The van der Waals surface area contributed by atoms with Gasteiger partial charge in [-0.05, 0) is 93.8 Å². The molecule has 46 heavy (non-hydrogen) atoms. The number of aliphatic hydroxyl groups is 1. The van der Waals surface area contributed by atoms with Crippen LogP contribution in [0.3, 0.4) is 0 Å². The topological polar surface area (TPSA) is 83.0 Å². The number of hydrogen-bond acceptors (Lipinski definition) is 7. The van der Waals surface area contributed by atoms with Gasteiger partial charge >= 0.3 is 6.18 Å². The fraction of sp³-hybridized carbons (Fsp3) is 0.543. The molecule has 1 unspecified atom stereocenters. The molecule has 3 heterocycles. The summed E-state index contributed by atoms with van der Waals surface area (Å²) in [5, 5.41) is 20.4. The largest absolute Gasteiger partial charge is 0.495 e. The average molecular weight is 640 g/mol. The quantitative estimate of drug-likeness (QED) is 0.172. The molecule has 6 rings (SSSR count). The smallest absolute Gasteiger partial charge is 0.406 e. The van der Waals surface area contributed by atoms with Gasteiger partial charge < -0.3 is 34.7 Å². The van der Waals surface area contributed by atoms with E-state index < -0.39 is 18.9 Å². The molecule has 1 aromatic heterocycles. The number of ether oxygens (including phenoxy) is 2. The second-order valence-electron chi connectivity index (χ2n) is 12.7. The van der Waals surface area contributed by atoms with Crippen molar-refractivity contribution in [3.05, 3.63) is 53.7 Å². The third-order valence-electron chi connectivity index (χ3n) is 9.93. The zero-order valence-electron chi connectivity index (χ0n) is 26.6. The first-order valence-corrected chi connectivity index (χ1v) is 16.3. The van der Waals surface area contributed by atoms with Gasteiger partial charge in [0.25, 0.3) is 0 Å². The molecule has 0 radical (unpaired) electrons. The average Bonchev–Trinajstić information content (AvgIpc) is 3.38. The maximum atomic E-state index is 13.7. The molecule has 11 heteroatoms. The van der Waals surface area contributed by atoms with Crippen molar-refractivity contribution < 1.29 is 27.8 Å². The van der Waals surface area contributed by atoms with E-state index in [0.29, 0.717) is 34.3 Å². The SMILES string of the molecule is CNC(O)c1ccc(NCC#Cc2cc3c(N[C@H]4CC[C@@H](N5CCC6(CCO6)CC5)CC4)cccc3n2CC(F)(F)F)c(OC)c1. The summed E-state index contributed by atoms with van der Waals surface area (Å²) in [7, 11) is 3.18. The van der Waals surface area contributed by atoms with Crippen LogP contribution < -0.4 is 20.7 Å². The van der Waals surface area contributed by atoms with Crippen molar-refractivity contribution >= 4 is 22.3 Å². The molecular formula is C35H44F3N5O3. The Labute approximate surface area is 268 Å². The molecule has 4 N–H and O–H groups in total. The predicted molar refractivity (Wildman–Crippen MR) is 174 cm³/mol. The first kappa shape index (κ1) is 32.5. The molecule has 1 aliphatic carbocycles. The number of nitrogens with zero attached hydrogens (tertiary/aromatic N) is 2. The molecule has 3 aromatic rings. The number of methoxy groups -OCH3 is 1. The molecule has 1 atom stereocenters. The first-order valence-electron chi connectivity index (χ1n) is 16.3. The summed E-state index contributed by atoms with van der Waals surface area (Å²) in [6.45, 7) is 2.19. The van der Waals surface area contributed by atoms with E-state index in [1.54, 1.807) is 37.4 Å². The molecule has 8 nitrogen and oxygen atoms in total. The van der Waals surface area contributed by atoms with Crippen LogP contribution in [0.25, 0.3) is 10.9 Å². The number of nitrogens with one attached hydrogen (secondary N) is 3. The van der Waals surface area contributed by atoms with Crippen molar-refractivity contribution in [2.75, 3.05) is 51.0 Å². The molecular weight excluding hydrogens is 595 g/mol. The van der Waals surface area contributed by atoms with Crippen molar-refractivity contribution in [2.45, 2.75) is 81.6 Å². The Kier molecular flexibility index (Phi) is 9.71. The molecule has 1 spiro atoms. The summed E-state index contributed by atoms with van der Waals surface area (Å²) in [6, 6.07) is 13.4. The second kappa shape index (κ2) is 13.7. The number of piperidine rings is 1. The Morgan fingerprint density at radius 3 is 2.48 bits per heavy atom. The molecule has 3 fully saturated rings.